The highest BCUT2D eigenvalue weighted by Crippen LogP contribution is 2.32. The minimum Gasteiger partial charge on any atom is -0.324 e. The van der Waals surface area contributed by atoms with Crippen LogP contribution in [0, 0.1) is 6.92 Å². The van der Waals surface area contributed by atoms with E-state index >= 15 is 0 Å². The van der Waals surface area contributed by atoms with Gasteiger partial charge >= 0.3 is 0 Å². The normalized spacial score (nSPS) is 17.8. The smallest absolute Gasteiger partial charge is 0.150 e. The van der Waals surface area contributed by atoms with Gasteiger partial charge in [-0.15, -0.1) is 0 Å². The molecule has 0 unspecified atom stereocenters. The maximum Gasteiger partial charge on any atom is 0.150 e. The van der Waals surface area contributed by atoms with E-state index in [9.17, 15) is 0 Å². The van der Waals surface area contributed by atoms with Crippen molar-refractivity contribution >= 4 is 11.6 Å². The molecule has 0 radical (unpaired) electrons. The average Bonchev–Trinajstić information content (AvgIpc) is 3.07. The number of likely N-dealkylation sites (tertiary alicyclic amines) is 1. The zero-order chi connectivity index (χ0) is 18.6. The zero-order valence-electron chi connectivity index (χ0n) is 15.7. The Bertz CT molecular complexity index is 892. The first-order chi connectivity index (χ1) is 13.2. The molecule has 4 heterocycles. The highest BCUT2D eigenvalue weighted by Gasteiger charge is 2.26. The van der Waals surface area contributed by atoms with E-state index in [-0.39, 0.29) is 6.04 Å². The molecule has 27 heavy (non-hydrogen) atoms. The summed E-state index contributed by atoms with van der Waals surface area (Å²) in [7, 11) is 1.95. The molecule has 3 aromatic rings. The molecule has 1 aliphatic heterocycles. The van der Waals surface area contributed by atoms with E-state index < -0.39 is 0 Å². The molecular formula is C19H24N8. The molecule has 0 aromatic carbocycles. The summed E-state index contributed by atoms with van der Waals surface area (Å²) < 4.78 is 1.85. The highest BCUT2D eigenvalue weighted by atomic mass is 15.2. The molecular weight excluding hydrogens is 340 g/mol. The summed E-state index contributed by atoms with van der Waals surface area (Å²) in [6.07, 6.45) is 12.5. The van der Waals surface area contributed by atoms with Crippen LogP contribution in [-0.2, 0) is 13.6 Å². The van der Waals surface area contributed by atoms with Crippen LogP contribution in [0.25, 0.3) is 0 Å². The molecule has 8 heteroatoms. The van der Waals surface area contributed by atoms with Crippen LogP contribution >= 0.6 is 0 Å². The first-order valence-corrected chi connectivity index (χ1v) is 9.27. The second-order valence-corrected chi connectivity index (χ2v) is 6.95. The Morgan fingerprint density at radius 3 is 2.85 bits per heavy atom. The molecule has 8 nitrogen and oxygen atoms in total. The Balaban J connectivity index is 1.58. The molecule has 1 aliphatic rings. The lowest BCUT2D eigenvalue weighted by atomic mass is 9.98. The van der Waals surface area contributed by atoms with E-state index in [1.807, 2.05) is 30.9 Å². The van der Waals surface area contributed by atoms with Gasteiger partial charge in [-0.2, -0.15) is 5.10 Å². The van der Waals surface area contributed by atoms with Crippen LogP contribution < -0.4 is 5.32 Å². The Morgan fingerprint density at radius 2 is 2.07 bits per heavy atom. The lowest BCUT2D eigenvalue weighted by molar-refractivity contribution is 0.137. The number of piperidine rings is 1. The minimum absolute atomic E-state index is 0.281. The fourth-order valence-electron chi connectivity index (χ4n) is 3.62. The molecule has 140 valence electrons. The van der Waals surface area contributed by atoms with Crippen LogP contribution in [0.5, 0.6) is 0 Å². The van der Waals surface area contributed by atoms with Crippen LogP contribution in [0.3, 0.4) is 0 Å². The van der Waals surface area contributed by atoms with Crippen molar-refractivity contribution in [2.24, 2.45) is 7.05 Å². The van der Waals surface area contributed by atoms with Crippen LogP contribution in [-0.4, -0.2) is 41.2 Å². The van der Waals surface area contributed by atoms with E-state index in [2.05, 4.69) is 36.5 Å². The lowest BCUT2D eigenvalue weighted by Crippen LogP contribution is -2.33. The molecule has 3 aromatic heterocycles. The molecule has 1 fully saturated rings. The number of rotatable bonds is 5. The van der Waals surface area contributed by atoms with Crippen molar-refractivity contribution in [3.63, 3.8) is 0 Å². The topological polar surface area (TPSA) is 84.7 Å². The molecule has 0 spiro atoms. The number of nitrogens with one attached hydrogen (secondary N) is 1. The van der Waals surface area contributed by atoms with Crippen molar-refractivity contribution in [1.29, 1.82) is 0 Å². The Hall–Kier alpha value is -2.87. The first-order valence-electron chi connectivity index (χ1n) is 9.27. The third kappa shape index (κ3) is 4.28. The van der Waals surface area contributed by atoms with Crippen molar-refractivity contribution in [3.8, 4) is 0 Å². The third-order valence-electron chi connectivity index (χ3n) is 4.78. The van der Waals surface area contributed by atoms with E-state index in [4.69, 9.17) is 4.98 Å². The molecule has 1 saturated heterocycles. The average molecular weight is 364 g/mol. The summed E-state index contributed by atoms with van der Waals surface area (Å²) in [5, 5.41) is 7.53. The SMILES string of the molecule is Cc1nc(Nc2cnccn2)cc([C@@H]2CCCCN2Cc2cnn(C)c2)n1. The maximum absolute atomic E-state index is 4.75. The first kappa shape index (κ1) is 17.5. The summed E-state index contributed by atoms with van der Waals surface area (Å²) in [5.41, 5.74) is 2.28. The van der Waals surface area contributed by atoms with Gasteiger partial charge in [-0.25, -0.2) is 15.0 Å². The summed E-state index contributed by atoms with van der Waals surface area (Å²) in [4.78, 5) is 20.1. The van der Waals surface area contributed by atoms with Gasteiger partial charge < -0.3 is 5.32 Å². The number of hydrogen-bond donors (Lipinski definition) is 1. The molecule has 1 atom stereocenters. The summed E-state index contributed by atoms with van der Waals surface area (Å²) in [5.74, 6) is 2.19. The number of anilines is 2. The van der Waals surface area contributed by atoms with E-state index in [0.29, 0.717) is 5.82 Å². The molecule has 1 N–H and O–H groups in total. The molecule has 4 rings (SSSR count). The van der Waals surface area contributed by atoms with Crippen LogP contribution in [0.2, 0.25) is 0 Å². The van der Waals surface area contributed by atoms with Crippen molar-refractivity contribution in [2.75, 3.05) is 11.9 Å². The quantitative estimate of drug-likeness (QED) is 0.745. The summed E-state index contributed by atoms with van der Waals surface area (Å²) in [6, 6.07) is 2.32. The van der Waals surface area contributed by atoms with Gasteiger partial charge in [0.15, 0.2) is 0 Å². The van der Waals surface area contributed by atoms with E-state index in [1.54, 1.807) is 18.6 Å². The molecule has 0 aliphatic carbocycles. The molecule has 0 saturated carbocycles. The molecule has 0 bridgehead atoms. The van der Waals surface area contributed by atoms with Crippen molar-refractivity contribution in [1.82, 2.24) is 34.6 Å². The van der Waals surface area contributed by atoms with Crippen molar-refractivity contribution in [2.45, 2.75) is 38.8 Å². The third-order valence-corrected chi connectivity index (χ3v) is 4.78. The van der Waals surface area contributed by atoms with Crippen LogP contribution in [0.1, 0.15) is 42.4 Å². The van der Waals surface area contributed by atoms with Crippen LogP contribution in [0.15, 0.2) is 37.1 Å². The van der Waals surface area contributed by atoms with Gasteiger partial charge in [-0.05, 0) is 26.3 Å². The Morgan fingerprint density at radius 1 is 1.15 bits per heavy atom. The Labute approximate surface area is 158 Å². The predicted molar refractivity (Wildman–Crippen MR) is 102 cm³/mol. The standard InChI is InChI=1S/C19H24N8/c1-14-23-16(9-18(24-14)25-19-11-20-6-7-21-19)17-5-3-4-8-27(17)13-15-10-22-26(2)12-15/h6-7,9-12,17H,3-5,8,13H2,1-2H3,(H,21,23,24,25)/t17-/m0/s1. The number of aryl methyl sites for hydroxylation is 2. The van der Waals surface area contributed by atoms with Crippen LogP contribution in [0.4, 0.5) is 11.6 Å². The van der Waals surface area contributed by atoms with E-state index in [0.717, 1.165) is 36.8 Å². The minimum atomic E-state index is 0.281. The molecule has 0 amide bonds. The van der Waals surface area contributed by atoms with Crippen molar-refractivity contribution in [3.05, 3.63) is 54.1 Å². The summed E-state index contributed by atoms with van der Waals surface area (Å²) >= 11 is 0. The largest absolute Gasteiger partial charge is 0.324 e. The van der Waals surface area contributed by atoms with Gasteiger partial charge in [0.25, 0.3) is 0 Å². The lowest BCUT2D eigenvalue weighted by Gasteiger charge is -2.35. The second kappa shape index (κ2) is 7.79. The highest BCUT2D eigenvalue weighted by molar-refractivity contribution is 5.50. The van der Waals surface area contributed by atoms with Gasteiger partial charge in [0.05, 0.1) is 24.1 Å². The Kier molecular flexibility index (Phi) is 5.06. The van der Waals surface area contributed by atoms with Gasteiger partial charge in [0.1, 0.15) is 17.5 Å². The predicted octanol–water partition coefficient (Wildman–Crippen LogP) is 2.78. The van der Waals surface area contributed by atoms with Gasteiger partial charge in [-0.1, -0.05) is 6.42 Å². The number of aromatic nitrogens is 6. The van der Waals surface area contributed by atoms with Crippen molar-refractivity contribution < 1.29 is 0 Å². The maximum atomic E-state index is 4.75. The van der Waals surface area contributed by atoms with Gasteiger partial charge in [0.2, 0.25) is 0 Å². The monoisotopic (exact) mass is 364 g/mol. The second-order valence-electron chi connectivity index (χ2n) is 6.95. The summed E-state index contributed by atoms with van der Waals surface area (Å²) in [6.45, 7) is 3.88. The zero-order valence-corrected chi connectivity index (χ0v) is 15.7. The fourth-order valence-corrected chi connectivity index (χ4v) is 3.62. The number of nitrogens with zero attached hydrogens (tertiary/aromatic N) is 7. The van der Waals surface area contributed by atoms with Gasteiger partial charge in [-0.3, -0.25) is 14.6 Å². The van der Waals surface area contributed by atoms with E-state index in [1.165, 1.54) is 18.4 Å². The fraction of sp³-hybridized carbons (Fsp3) is 0.421. The van der Waals surface area contributed by atoms with Gasteiger partial charge in [0, 0.05) is 43.8 Å². The number of hydrogen-bond acceptors (Lipinski definition) is 7.